The number of oxime groups is 1. The summed E-state index contributed by atoms with van der Waals surface area (Å²) in [6, 6.07) is 11.7. The lowest BCUT2D eigenvalue weighted by Gasteiger charge is -2.11. The van der Waals surface area contributed by atoms with Crippen LogP contribution in [0, 0.1) is 5.82 Å². The minimum atomic E-state index is -0.517. The van der Waals surface area contributed by atoms with Crippen LogP contribution >= 0.6 is 0 Å². The molecule has 0 atom stereocenters. The van der Waals surface area contributed by atoms with Gasteiger partial charge in [-0.25, -0.2) is 9.18 Å². The fraction of sp³-hybridized carbons (Fsp3) is 0.227. The number of aromatic nitrogens is 2. The van der Waals surface area contributed by atoms with E-state index in [0.29, 0.717) is 22.5 Å². The summed E-state index contributed by atoms with van der Waals surface area (Å²) in [6.45, 7) is 1.88. The third-order valence-electron chi connectivity index (χ3n) is 4.53. The number of hydrogen-bond donors (Lipinski definition) is 0. The molecule has 0 unspecified atom stereocenters. The van der Waals surface area contributed by atoms with Gasteiger partial charge in [-0.15, -0.1) is 0 Å². The molecule has 0 bridgehead atoms. The molecule has 0 aliphatic rings. The normalized spacial score (nSPS) is 12.2. The highest BCUT2D eigenvalue weighted by molar-refractivity contribution is 6.16. The van der Waals surface area contributed by atoms with E-state index in [4.69, 9.17) is 14.3 Å². The van der Waals surface area contributed by atoms with E-state index in [0.717, 1.165) is 10.9 Å². The number of halogens is 1. The summed E-state index contributed by atoms with van der Waals surface area (Å²) in [7, 11) is 4.51. The molecule has 0 saturated heterocycles. The van der Waals surface area contributed by atoms with Crippen molar-refractivity contribution in [1.82, 2.24) is 9.78 Å². The topological polar surface area (TPSA) is 74.9 Å². The quantitative estimate of drug-likeness (QED) is 0.194. The average Bonchev–Trinajstić information content (AvgIpc) is 3.08. The molecule has 0 radical (unpaired) electrons. The monoisotopic (exact) mass is 411 g/mol. The molecule has 1 heterocycles. The Bertz CT molecular complexity index is 1130. The predicted octanol–water partition coefficient (Wildman–Crippen LogP) is 3.81. The highest BCUT2D eigenvalue weighted by atomic mass is 19.1. The van der Waals surface area contributed by atoms with E-state index >= 15 is 0 Å². The fourth-order valence-corrected chi connectivity index (χ4v) is 3.10. The van der Waals surface area contributed by atoms with E-state index in [1.54, 1.807) is 36.9 Å². The molecular weight excluding hydrogens is 389 g/mol. The van der Waals surface area contributed by atoms with E-state index < -0.39 is 5.97 Å². The molecule has 0 aliphatic heterocycles. The van der Waals surface area contributed by atoms with E-state index in [2.05, 4.69) is 10.3 Å². The molecule has 0 amide bonds. The minimum absolute atomic E-state index is 0.116. The predicted molar refractivity (Wildman–Crippen MR) is 111 cm³/mol. The summed E-state index contributed by atoms with van der Waals surface area (Å²) in [5.41, 5.74) is 3.45. The molecule has 30 heavy (non-hydrogen) atoms. The van der Waals surface area contributed by atoms with Crippen LogP contribution in [0.3, 0.4) is 0 Å². The maximum absolute atomic E-state index is 13.5. The van der Waals surface area contributed by atoms with Gasteiger partial charge in [0.15, 0.2) is 0 Å². The Hall–Kier alpha value is -3.68. The van der Waals surface area contributed by atoms with Crippen molar-refractivity contribution >= 4 is 28.2 Å². The van der Waals surface area contributed by atoms with Gasteiger partial charge < -0.3 is 14.3 Å². The van der Waals surface area contributed by atoms with Crippen molar-refractivity contribution in [3.05, 3.63) is 71.4 Å². The zero-order valence-electron chi connectivity index (χ0n) is 17.2. The van der Waals surface area contributed by atoms with Crippen molar-refractivity contribution in [1.29, 1.82) is 0 Å². The van der Waals surface area contributed by atoms with Gasteiger partial charge in [0.1, 0.15) is 29.4 Å². The Balaban J connectivity index is 1.84. The van der Waals surface area contributed by atoms with Crippen LogP contribution in [-0.4, -0.2) is 35.7 Å². The van der Waals surface area contributed by atoms with Crippen molar-refractivity contribution < 1.29 is 23.5 Å². The molecule has 0 fully saturated rings. The Morgan fingerprint density at radius 2 is 2.00 bits per heavy atom. The standard InChI is InChI=1S/C22H22FN3O4/c1-14(21-18-10-9-16(23)11-20(18)26(2)24-21)25-30-12-15-7-5-6-8-17(15)19(13-28-3)22(27)29-4/h5-11,13H,12H2,1-4H3. The second-order valence-corrected chi connectivity index (χ2v) is 6.50. The van der Waals surface area contributed by atoms with Gasteiger partial charge in [-0.3, -0.25) is 4.68 Å². The number of nitrogens with zero attached hydrogens (tertiary/aromatic N) is 3. The molecular formula is C22H22FN3O4. The first-order valence-corrected chi connectivity index (χ1v) is 9.15. The average molecular weight is 411 g/mol. The molecule has 3 rings (SSSR count). The van der Waals surface area contributed by atoms with Crippen LogP contribution in [-0.2, 0) is 32.8 Å². The molecule has 0 spiro atoms. The summed E-state index contributed by atoms with van der Waals surface area (Å²) in [5.74, 6) is -0.846. The second-order valence-electron chi connectivity index (χ2n) is 6.50. The maximum atomic E-state index is 13.5. The van der Waals surface area contributed by atoms with Gasteiger partial charge in [-0.2, -0.15) is 5.10 Å². The summed E-state index contributed by atoms with van der Waals surface area (Å²) >= 11 is 0. The molecule has 0 N–H and O–H groups in total. The number of hydrogen-bond acceptors (Lipinski definition) is 6. The fourth-order valence-electron chi connectivity index (χ4n) is 3.10. The van der Waals surface area contributed by atoms with Gasteiger partial charge in [-0.05, 0) is 30.7 Å². The molecule has 156 valence electrons. The van der Waals surface area contributed by atoms with Crippen LogP contribution in [0.4, 0.5) is 4.39 Å². The number of methoxy groups -OCH3 is 2. The zero-order valence-corrected chi connectivity index (χ0v) is 17.2. The smallest absolute Gasteiger partial charge is 0.341 e. The summed E-state index contributed by atoms with van der Waals surface area (Å²) in [6.07, 6.45) is 1.33. The summed E-state index contributed by atoms with van der Waals surface area (Å²) < 4.78 is 25.0. The van der Waals surface area contributed by atoms with Gasteiger partial charge >= 0.3 is 5.97 Å². The number of carbonyl (C=O) groups excluding carboxylic acids is 1. The number of esters is 1. The Morgan fingerprint density at radius 3 is 2.73 bits per heavy atom. The highest BCUT2D eigenvalue weighted by Crippen LogP contribution is 2.23. The van der Waals surface area contributed by atoms with Crippen molar-refractivity contribution in [2.45, 2.75) is 13.5 Å². The van der Waals surface area contributed by atoms with Crippen LogP contribution in [0.15, 0.2) is 53.9 Å². The molecule has 3 aromatic rings. The van der Waals surface area contributed by atoms with Crippen LogP contribution < -0.4 is 0 Å². The van der Waals surface area contributed by atoms with E-state index in [1.165, 1.54) is 32.6 Å². The molecule has 1 aromatic heterocycles. The van der Waals surface area contributed by atoms with Gasteiger partial charge in [0.05, 0.1) is 26.0 Å². The second kappa shape index (κ2) is 9.21. The number of carbonyl (C=O) groups is 1. The minimum Gasteiger partial charge on any atom is -0.503 e. The number of fused-ring (bicyclic) bond motifs is 1. The maximum Gasteiger partial charge on any atom is 0.341 e. The summed E-state index contributed by atoms with van der Waals surface area (Å²) in [4.78, 5) is 17.6. The van der Waals surface area contributed by atoms with E-state index in [1.807, 2.05) is 12.1 Å². The van der Waals surface area contributed by atoms with Crippen LogP contribution in [0.1, 0.15) is 23.7 Å². The highest BCUT2D eigenvalue weighted by Gasteiger charge is 2.17. The Morgan fingerprint density at radius 1 is 1.23 bits per heavy atom. The number of rotatable bonds is 7. The first-order valence-electron chi connectivity index (χ1n) is 9.15. The third kappa shape index (κ3) is 4.32. The number of aryl methyl sites for hydroxylation is 1. The number of ether oxygens (including phenoxy) is 2. The largest absolute Gasteiger partial charge is 0.503 e. The van der Waals surface area contributed by atoms with Crippen molar-refractivity contribution in [3.8, 4) is 0 Å². The lowest BCUT2D eigenvalue weighted by Crippen LogP contribution is -2.07. The van der Waals surface area contributed by atoms with E-state index in [9.17, 15) is 9.18 Å². The molecule has 0 aliphatic carbocycles. The van der Waals surface area contributed by atoms with Crippen LogP contribution in [0.2, 0.25) is 0 Å². The molecule has 7 nitrogen and oxygen atoms in total. The van der Waals surface area contributed by atoms with Crippen molar-refractivity contribution in [2.24, 2.45) is 12.2 Å². The lowest BCUT2D eigenvalue weighted by molar-refractivity contribution is -0.133. The first-order chi connectivity index (χ1) is 14.5. The van der Waals surface area contributed by atoms with Crippen LogP contribution in [0.25, 0.3) is 16.5 Å². The number of benzene rings is 2. The van der Waals surface area contributed by atoms with E-state index in [-0.39, 0.29) is 18.0 Å². The van der Waals surface area contributed by atoms with Gasteiger partial charge in [0, 0.05) is 18.0 Å². The van der Waals surface area contributed by atoms with Gasteiger partial charge in [0.2, 0.25) is 0 Å². The Kier molecular flexibility index (Phi) is 6.46. The van der Waals surface area contributed by atoms with Crippen molar-refractivity contribution in [2.75, 3.05) is 14.2 Å². The van der Waals surface area contributed by atoms with Crippen LogP contribution in [0.5, 0.6) is 0 Å². The molecule has 8 heteroatoms. The zero-order chi connectivity index (χ0) is 21.7. The van der Waals surface area contributed by atoms with Gasteiger partial charge in [-0.1, -0.05) is 29.4 Å². The Labute approximate surface area is 173 Å². The lowest BCUT2D eigenvalue weighted by atomic mass is 10.0. The molecule has 2 aromatic carbocycles. The molecule has 0 saturated carbocycles. The summed E-state index contributed by atoms with van der Waals surface area (Å²) in [5, 5.41) is 9.36. The SMILES string of the molecule is COC=C(C(=O)OC)c1ccccc1CON=C(C)c1nn(C)c2cc(F)ccc12. The third-order valence-corrected chi connectivity index (χ3v) is 4.53. The first kappa shape index (κ1) is 21.0. The van der Waals surface area contributed by atoms with Crippen molar-refractivity contribution in [3.63, 3.8) is 0 Å². The van der Waals surface area contributed by atoms with Gasteiger partial charge in [0.25, 0.3) is 0 Å².